The second kappa shape index (κ2) is 5.09. The van der Waals surface area contributed by atoms with Crippen LogP contribution in [0.15, 0.2) is 0 Å². The highest BCUT2D eigenvalue weighted by molar-refractivity contribution is 7.98. The van der Waals surface area contributed by atoms with Gasteiger partial charge in [-0.1, -0.05) is 20.8 Å². The molecule has 0 radical (unpaired) electrons. The number of hydrogen-bond acceptors (Lipinski definition) is 2. The van der Waals surface area contributed by atoms with E-state index in [1.165, 1.54) is 37.9 Å². The third kappa shape index (κ3) is 3.99. The Labute approximate surface area is 99.6 Å². The van der Waals surface area contributed by atoms with Gasteiger partial charge in [-0.05, 0) is 55.4 Å². The van der Waals surface area contributed by atoms with Crippen LogP contribution in [0.2, 0.25) is 0 Å². The van der Waals surface area contributed by atoms with Crippen LogP contribution in [0, 0.1) is 11.3 Å². The summed E-state index contributed by atoms with van der Waals surface area (Å²) >= 11 is 1.92. The molecular weight excluding hydrogens is 202 g/mol. The van der Waals surface area contributed by atoms with Crippen molar-refractivity contribution in [2.24, 2.45) is 17.1 Å². The highest BCUT2D eigenvalue weighted by atomic mass is 32.2. The molecular formula is C13H27NS. The van der Waals surface area contributed by atoms with Crippen molar-refractivity contribution in [1.82, 2.24) is 0 Å². The molecule has 2 heteroatoms. The zero-order valence-electron chi connectivity index (χ0n) is 10.8. The Kier molecular flexibility index (Phi) is 4.54. The van der Waals surface area contributed by atoms with Crippen molar-refractivity contribution in [2.45, 2.75) is 58.4 Å². The van der Waals surface area contributed by atoms with Gasteiger partial charge in [-0.3, -0.25) is 0 Å². The monoisotopic (exact) mass is 229 g/mol. The van der Waals surface area contributed by atoms with Crippen LogP contribution in [0.3, 0.4) is 0 Å². The lowest BCUT2D eigenvalue weighted by molar-refractivity contribution is 0.132. The Morgan fingerprint density at radius 2 is 1.80 bits per heavy atom. The molecule has 1 fully saturated rings. The van der Waals surface area contributed by atoms with Crippen molar-refractivity contribution >= 4 is 11.8 Å². The first-order valence-corrected chi connectivity index (χ1v) is 7.55. The summed E-state index contributed by atoms with van der Waals surface area (Å²) in [4.78, 5) is 0. The van der Waals surface area contributed by atoms with E-state index < -0.39 is 0 Å². The summed E-state index contributed by atoms with van der Waals surface area (Å²) < 4.78 is 0. The molecule has 0 aromatic heterocycles. The Bertz CT molecular complexity index is 187. The van der Waals surface area contributed by atoms with E-state index in [2.05, 4.69) is 27.0 Å². The SMILES string of the molecule is CSCCC1(N)CCC(C(C)(C)C)CC1. The third-order valence-corrected chi connectivity index (χ3v) is 4.62. The van der Waals surface area contributed by atoms with Crippen molar-refractivity contribution < 1.29 is 0 Å². The molecule has 90 valence electrons. The fourth-order valence-corrected chi connectivity index (χ4v) is 3.22. The molecule has 1 nitrogen and oxygen atoms in total. The van der Waals surface area contributed by atoms with Gasteiger partial charge in [0.25, 0.3) is 0 Å². The summed E-state index contributed by atoms with van der Waals surface area (Å²) in [6.07, 6.45) is 8.49. The molecule has 0 unspecified atom stereocenters. The zero-order chi connectivity index (χ0) is 11.5. The van der Waals surface area contributed by atoms with E-state index in [1.807, 2.05) is 11.8 Å². The van der Waals surface area contributed by atoms with Gasteiger partial charge in [0, 0.05) is 5.54 Å². The molecule has 0 spiro atoms. The fourth-order valence-electron chi connectivity index (χ4n) is 2.61. The quantitative estimate of drug-likeness (QED) is 0.799. The highest BCUT2D eigenvalue weighted by Crippen LogP contribution is 2.41. The minimum absolute atomic E-state index is 0.157. The lowest BCUT2D eigenvalue weighted by Gasteiger charge is -2.42. The van der Waals surface area contributed by atoms with Gasteiger partial charge in [-0.25, -0.2) is 0 Å². The van der Waals surface area contributed by atoms with Crippen LogP contribution in [0.1, 0.15) is 52.9 Å². The van der Waals surface area contributed by atoms with Crippen molar-refractivity contribution in [3.8, 4) is 0 Å². The zero-order valence-corrected chi connectivity index (χ0v) is 11.6. The minimum atomic E-state index is 0.157. The normalized spacial score (nSPS) is 33.0. The van der Waals surface area contributed by atoms with Crippen LogP contribution in [-0.2, 0) is 0 Å². The lowest BCUT2D eigenvalue weighted by Crippen LogP contribution is -2.45. The Morgan fingerprint density at radius 3 is 2.20 bits per heavy atom. The molecule has 15 heavy (non-hydrogen) atoms. The fraction of sp³-hybridized carbons (Fsp3) is 1.00. The van der Waals surface area contributed by atoms with Crippen molar-refractivity contribution in [3.63, 3.8) is 0 Å². The van der Waals surface area contributed by atoms with Crippen molar-refractivity contribution in [2.75, 3.05) is 12.0 Å². The smallest absolute Gasteiger partial charge is 0.0162 e. The molecule has 1 aliphatic carbocycles. The van der Waals surface area contributed by atoms with E-state index in [0.717, 1.165) is 5.92 Å². The van der Waals surface area contributed by atoms with Crippen LogP contribution in [0.4, 0.5) is 0 Å². The maximum absolute atomic E-state index is 6.44. The van der Waals surface area contributed by atoms with E-state index in [4.69, 9.17) is 5.73 Å². The molecule has 0 bridgehead atoms. The highest BCUT2D eigenvalue weighted by Gasteiger charge is 2.35. The molecule has 0 amide bonds. The summed E-state index contributed by atoms with van der Waals surface area (Å²) in [5, 5.41) is 0. The average Bonchev–Trinajstić information content (AvgIpc) is 2.14. The van der Waals surface area contributed by atoms with Gasteiger partial charge in [0.2, 0.25) is 0 Å². The summed E-state index contributed by atoms with van der Waals surface area (Å²) in [6, 6.07) is 0. The molecule has 1 rings (SSSR count). The van der Waals surface area contributed by atoms with Gasteiger partial charge in [-0.2, -0.15) is 11.8 Å². The number of nitrogens with two attached hydrogens (primary N) is 1. The molecule has 0 atom stereocenters. The van der Waals surface area contributed by atoms with Crippen LogP contribution >= 0.6 is 11.8 Å². The van der Waals surface area contributed by atoms with E-state index in [9.17, 15) is 0 Å². The summed E-state index contributed by atoms with van der Waals surface area (Å²) in [6.45, 7) is 7.09. The van der Waals surface area contributed by atoms with E-state index in [1.54, 1.807) is 0 Å². The molecule has 2 N–H and O–H groups in total. The van der Waals surface area contributed by atoms with Crippen LogP contribution < -0.4 is 5.73 Å². The van der Waals surface area contributed by atoms with Gasteiger partial charge < -0.3 is 5.73 Å². The first-order chi connectivity index (χ1) is 6.87. The van der Waals surface area contributed by atoms with E-state index in [0.29, 0.717) is 5.41 Å². The van der Waals surface area contributed by atoms with Gasteiger partial charge in [0.05, 0.1) is 0 Å². The largest absolute Gasteiger partial charge is 0.325 e. The molecule has 1 saturated carbocycles. The van der Waals surface area contributed by atoms with Crippen molar-refractivity contribution in [1.29, 1.82) is 0 Å². The molecule has 1 aliphatic rings. The topological polar surface area (TPSA) is 26.0 Å². The van der Waals surface area contributed by atoms with Crippen LogP contribution in [0.5, 0.6) is 0 Å². The maximum Gasteiger partial charge on any atom is 0.0162 e. The summed E-state index contributed by atoms with van der Waals surface area (Å²) in [7, 11) is 0. The standard InChI is InChI=1S/C13H27NS/c1-12(2,3)11-5-7-13(14,8-6-11)9-10-15-4/h11H,5-10,14H2,1-4H3. The Balaban J connectivity index is 2.41. The van der Waals surface area contributed by atoms with Gasteiger partial charge in [0.15, 0.2) is 0 Å². The number of thioether (sulfide) groups is 1. The molecule has 0 saturated heterocycles. The first kappa shape index (κ1) is 13.4. The third-order valence-electron chi connectivity index (χ3n) is 4.01. The average molecular weight is 229 g/mol. The van der Waals surface area contributed by atoms with Gasteiger partial charge in [0.1, 0.15) is 0 Å². The van der Waals surface area contributed by atoms with E-state index >= 15 is 0 Å². The van der Waals surface area contributed by atoms with E-state index in [-0.39, 0.29) is 5.54 Å². The predicted molar refractivity (Wildman–Crippen MR) is 71.3 cm³/mol. The second-order valence-electron chi connectivity index (χ2n) is 6.25. The maximum atomic E-state index is 6.44. The first-order valence-electron chi connectivity index (χ1n) is 6.15. The second-order valence-corrected chi connectivity index (χ2v) is 7.23. The molecule has 0 heterocycles. The predicted octanol–water partition coefficient (Wildman–Crippen LogP) is 3.67. The minimum Gasteiger partial charge on any atom is -0.325 e. The van der Waals surface area contributed by atoms with Crippen LogP contribution in [0.25, 0.3) is 0 Å². The van der Waals surface area contributed by atoms with Gasteiger partial charge in [-0.15, -0.1) is 0 Å². The summed E-state index contributed by atoms with van der Waals surface area (Å²) in [5.74, 6) is 2.10. The molecule has 0 aromatic carbocycles. The molecule has 0 aliphatic heterocycles. The van der Waals surface area contributed by atoms with Crippen molar-refractivity contribution in [3.05, 3.63) is 0 Å². The van der Waals surface area contributed by atoms with Gasteiger partial charge >= 0.3 is 0 Å². The molecule has 0 aromatic rings. The number of rotatable bonds is 3. The van der Waals surface area contributed by atoms with Crippen LogP contribution in [-0.4, -0.2) is 17.5 Å². The summed E-state index contributed by atoms with van der Waals surface area (Å²) in [5.41, 5.74) is 7.07. The number of hydrogen-bond donors (Lipinski definition) is 1. The lowest BCUT2D eigenvalue weighted by atomic mass is 9.67. The Hall–Kier alpha value is 0.310. The Morgan fingerprint density at radius 1 is 1.27 bits per heavy atom.